The Labute approximate surface area is 384 Å². The van der Waals surface area contributed by atoms with Crippen LogP contribution in [-0.4, -0.2) is 24.6 Å². The van der Waals surface area contributed by atoms with Gasteiger partial charge in [-0.3, -0.25) is 14.5 Å². The van der Waals surface area contributed by atoms with Crippen molar-refractivity contribution in [3.8, 4) is 67.5 Å². The van der Waals surface area contributed by atoms with Crippen molar-refractivity contribution in [3.63, 3.8) is 0 Å². The van der Waals surface area contributed by atoms with Gasteiger partial charge in [-0.1, -0.05) is 131 Å². The van der Waals surface area contributed by atoms with E-state index < -0.39 is 0 Å². The van der Waals surface area contributed by atoms with Crippen molar-refractivity contribution in [3.05, 3.63) is 162 Å². The fourth-order valence-corrected chi connectivity index (χ4v) is 9.04. The maximum Gasteiger partial charge on any atom is 0.149 e. The molecule has 1 N–H and O–H groups in total. The number of rotatable bonds is 10. The highest BCUT2D eigenvalue weighted by atomic mass is 16.3. The Morgan fingerprint density at radius 3 is 1.86 bits per heavy atom. The highest BCUT2D eigenvalue weighted by Crippen LogP contribution is 2.46. The van der Waals surface area contributed by atoms with Gasteiger partial charge < -0.3 is 9.52 Å². The summed E-state index contributed by atoms with van der Waals surface area (Å²) >= 11 is 0. The standard InChI is InChI=1S/C59H60N4O2/c1-34(2)45-18-15-19-46(35(3)4)56(45)63-53-33-40(41-31-50(36(5)6)61-51(32-41)37(7)8)29-49(55(53)62-58(63)48-20-21-54-47(57(48)64)23-25-65-54)42-26-43(28-44(27-42)59(9,10)11)52-30-39(22-24-60-52)38-16-13-12-14-17-38/h12-37,64H,1-11H3. The van der Waals surface area contributed by atoms with Crippen LogP contribution < -0.4 is 0 Å². The molecule has 65 heavy (non-hydrogen) atoms. The van der Waals surface area contributed by atoms with Crippen LogP contribution in [0.2, 0.25) is 0 Å². The Balaban J connectivity index is 1.44. The molecule has 0 aliphatic heterocycles. The molecule has 0 aliphatic rings. The average molecular weight is 857 g/mol. The Hall–Kier alpha value is -6.79. The molecule has 4 aromatic heterocycles. The summed E-state index contributed by atoms with van der Waals surface area (Å²) in [5, 5.41) is 12.8. The van der Waals surface area contributed by atoms with Crippen LogP contribution in [0.5, 0.6) is 5.75 Å². The summed E-state index contributed by atoms with van der Waals surface area (Å²) < 4.78 is 8.11. The van der Waals surface area contributed by atoms with E-state index >= 15 is 0 Å². The molecule has 0 atom stereocenters. The van der Waals surface area contributed by atoms with E-state index in [4.69, 9.17) is 19.4 Å². The SMILES string of the molecule is CC(C)c1cc(-c2cc(-c3cc(-c4cc(-c5ccccc5)ccn4)cc(C(C)(C)C)c3)c3nc(-c4ccc5occc5c4O)n(-c4c(C(C)C)cccc4C(C)C)c3c2)cc(C(C)C)n1. The first-order valence-electron chi connectivity index (χ1n) is 23.2. The zero-order valence-corrected chi connectivity index (χ0v) is 39.7. The van der Waals surface area contributed by atoms with Crippen molar-refractivity contribution in [2.24, 2.45) is 0 Å². The van der Waals surface area contributed by atoms with Crippen LogP contribution >= 0.6 is 0 Å². The summed E-state index contributed by atoms with van der Waals surface area (Å²) in [5.41, 5.74) is 18.1. The molecule has 0 saturated heterocycles. The predicted octanol–water partition coefficient (Wildman–Crippen LogP) is 16.4. The number of hydrogen-bond donors (Lipinski definition) is 1. The number of phenolic OH excluding ortho intramolecular Hbond substituents is 1. The third kappa shape index (κ3) is 8.16. The minimum Gasteiger partial charge on any atom is -0.506 e. The Morgan fingerprint density at radius 1 is 0.554 bits per heavy atom. The van der Waals surface area contributed by atoms with Gasteiger partial charge in [0.05, 0.1) is 39.6 Å². The maximum absolute atomic E-state index is 12.2. The monoisotopic (exact) mass is 856 g/mol. The smallest absolute Gasteiger partial charge is 0.149 e. The first kappa shape index (κ1) is 43.5. The minimum absolute atomic E-state index is 0.140. The molecule has 0 spiro atoms. The van der Waals surface area contributed by atoms with Crippen LogP contribution in [0.3, 0.4) is 0 Å². The lowest BCUT2D eigenvalue weighted by atomic mass is 9.83. The van der Waals surface area contributed by atoms with Crippen LogP contribution in [0.4, 0.5) is 0 Å². The number of furan rings is 1. The van der Waals surface area contributed by atoms with E-state index in [1.54, 1.807) is 6.26 Å². The van der Waals surface area contributed by atoms with Gasteiger partial charge >= 0.3 is 0 Å². The molecule has 6 nitrogen and oxygen atoms in total. The molecular weight excluding hydrogens is 797 g/mol. The van der Waals surface area contributed by atoms with Crippen molar-refractivity contribution in [2.75, 3.05) is 0 Å². The number of benzene rings is 5. The fourth-order valence-electron chi connectivity index (χ4n) is 9.04. The lowest BCUT2D eigenvalue weighted by Gasteiger charge is -2.23. The van der Waals surface area contributed by atoms with E-state index in [1.165, 1.54) is 16.7 Å². The fraction of sp³-hybridized carbons (Fsp3) is 0.271. The highest BCUT2D eigenvalue weighted by molar-refractivity contribution is 6.01. The van der Waals surface area contributed by atoms with Gasteiger partial charge in [0, 0.05) is 28.7 Å². The van der Waals surface area contributed by atoms with Crippen LogP contribution in [0.1, 0.15) is 128 Å². The normalized spacial score (nSPS) is 12.2. The van der Waals surface area contributed by atoms with Crippen LogP contribution in [-0.2, 0) is 5.41 Å². The molecule has 0 aliphatic carbocycles. The third-order valence-electron chi connectivity index (χ3n) is 12.8. The van der Waals surface area contributed by atoms with Crippen molar-refractivity contribution in [2.45, 2.75) is 105 Å². The molecule has 328 valence electrons. The lowest BCUT2D eigenvalue weighted by Crippen LogP contribution is -2.11. The van der Waals surface area contributed by atoms with Crippen molar-refractivity contribution < 1.29 is 9.52 Å². The molecule has 0 amide bonds. The van der Waals surface area contributed by atoms with Gasteiger partial charge in [-0.15, -0.1) is 0 Å². The van der Waals surface area contributed by atoms with Gasteiger partial charge in [0.2, 0.25) is 0 Å². The number of para-hydroxylation sites is 1. The molecule has 0 radical (unpaired) electrons. The summed E-state index contributed by atoms with van der Waals surface area (Å²) in [6, 6.07) is 43.2. The van der Waals surface area contributed by atoms with Gasteiger partial charge in [-0.2, -0.15) is 0 Å². The zero-order valence-electron chi connectivity index (χ0n) is 39.7. The number of phenols is 1. The van der Waals surface area contributed by atoms with E-state index in [1.807, 2.05) is 30.5 Å². The summed E-state index contributed by atoms with van der Waals surface area (Å²) in [6.07, 6.45) is 3.54. The molecule has 4 heterocycles. The minimum atomic E-state index is -0.180. The van der Waals surface area contributed by atoms with Crippen LogP contribution in [0.15, 0.2) is 138 Å². The number of hydrogen-bond acceptors (Lipinski definition) is 5. The number of aromatic nitrogens is 4. The predicted molar refractivity (Wildman–Crippen MR) is 270 cm³/mol. The van der Waals surface area contributed by atoms with Crippen LogP contribution in [0.25, 0.3) is 83.7 Å². The second-order valence-electron chi connectivity index (χ2n) is 19.9. The first-order chi connectivity index (χ1) is 31.1. The van der Waals surface area contributed by atoms with Gasteiger partial charge in [0.15, 0.2) is 0 Å². The Kier molecular flexibility index (Phi) is 11.3. The number of imidazole rings is 1. The van der Waals surface area contributed by atoms with E-state index in [9.17, 15) is 5.11 Å². The topological polar surface area (TPSA) is 77.0 Å². The molecule has 9 rings (SSSR count). The number of pyridine rings is 2. The molecule has 9 aromatic rings. The Bertz CT molecular complexity index is 3160. The second-order valence-corrected chi connectivity index (χ2v) is 19.9. The van der Waals surface area contributed by atoms with Crippen molar-refractivity contribution in [1.29, 1.82) is 0 Å². The van der Waals surface area contributed by atoms with E-state index in [-0.39, 0.29) is 34.8 Å². The third-order valence-corrected chi connectivity index (χ3v) is 12.8. The van der Waals surface area contributed by atoms with E-state index in [0.717, 1.165) is 72.7 Å². The Morgan fingerprint density at radius 2 is 1.22 bits per heavy atom. The number of nitrogens with zero attached hydrogens (tertiary/aromatic N) is 4. The molecule has 6 heteroatoms. The average Bonchev–Trinajstić information content (AvgIpc) is 3.94. The molecule has 0 saturated carbocycles. The maximum atomic E-state index is 12.2. The van der Waals surface area contributed by atoms with E-state index in [0.29, 0.717) is 22.4 Å². The summed E-state index contributed by atoms with van der Waals surface area (Å²) in [5.74, 6) is 1.69. The highest BCUT2D eigenvalue weighted by Gasteiger charge is 2.28. The second kappa shape index (κ2) is 17.0. The summed E-state index contributed by atoms with van der Waals surface area (Å²) in [6.45, 7) is 24.7. The van der Waals surface area contributed by atoms with Crippen molar-refractivity contribution in [1.82, 2.24) is 19.5 Å². The van der Waals surface area contributed by atoms with Gasteiger partial charge in [-0.05, 0) is 140 Å². The first-order valence-corrected chi connectivity index (χ1v) is 23.2. The molecule has 5 aromatic carbocycles. The van der Waals surface area contributed by atoms with Crippen LogP contribution in [0, 0.1) is 0 Å². The largest absolute Gasteiger partial charge is 0.506 e. The summed E-state index contributed by atoms with van der Waals surface area (Å²) in [4.78, 5) is 15.9. The zero-order chi connectivity index (χ0) is 45.9. The molecular formula is C59H60N4O2. The molecule has 0 bridgehead atoms. The number of fused-ring (bicyclic) bond motifs is 2. The quantitative estimate of drug-likeness (QED) is 0.148. The summed E-state index contributed by atoms with van der Waals surface area (Å²) in [7, 11) is 0. The van der Waals surface area contributed by atoms with Gasteiger partial charge in [0.25, 0.3) is 0 Å². The van der Waals surface area contributed by atoms with E-state index in [2.05, 4.69) is 178 Å². The van der Waals surface area contributed by atoms with Gasteiger partial charge in [-0.25, -0.2) is 4.98 Å². The van der Waals surface area contributed by atoms with Crippen molar-refractivity contribution >= 4 is 22.0 Å². The number of aromatic hydroxyl groups is 1. The van der Waals surface area contributed by atoms with Gasteiger partial charge in [0.1, 0.15) is 17.2 Å². The lowest BCUT2D eigenvalue weighted by molar-refractivity contribution is 0.482. The molecule has 0 unspecified atom stereocenters. The molecule has 0 fully saturated rings.